The van der Waals surface area contributed by atoms with Crippen LogP contribution in [0.4, 0.5) is 14.9 Å². The first-order chi connectivity index (χ1) is 8.81. The van der Waals surface area contributed by atoms with Gasteiger partial charge in [-0.3, -0.25) is 5.32 Å². The number of aryl methyl sites for hydroxylation is 1. The van der Waals surface area contributed by atoms with Crippen LogP contribution in [0.5, 0.6) is 0 Å². The van der Waals surface area contributed by atoms with Crippen molar-refractivity contribution in [2.75, 3.05) is 11.9 Å². The van der Waals surface area contributed by atoms with Crippen LogP contribution in [0.2, 0.25) is 0 Å². The molecule has 0 heterocycles. The highest BCUT2D eigenvalue weighted by Gasteiger charge is 2.16. The second-order valence-corrected chi connectivity index (χ2v) is 5.33. The van der Waals surface area contributed by atoms with E-state index in [4.69, 9.17) is 10.5 Å². The molecule has 1 aromatic carbocycles. The van der Waals surface area contributed by atoms with E-state index in [0.717, 1.165) is 0 Å². The summed E-state index contributed by atoms with van der Waals surface area (Å²) in [5.74, 6) is -0.289. The predicted octanol–water partition coefficient (Wildman–Crippen LogP) is 3.06. The number of nitrogens with two attached hydrogens (primary N) is 1. The van der Waals surface area contributed by atoms with Crippen molar-refractivity contribution in [3.05, 3.63) is 29.6 Å². The van der Waals surface area contributed by atoms with E-state index in [1.54, 1.807) is 26.8 Å². The summed E-state index contributed by atoms with van der Waals surface area (Å²) >= 11 is 0. The number of carbonyl (C=O) groups excluding carboxylic acids is 1. The van der Waals surface area contributed by atoms with Crippen LogP contribution in [0.1, 0.15) is 32.8 Å². The zero-order valence-corrected chi connectivity index (χ0v) is 11.6. The summed E-state index contributed by atoms with van der Waals surface area (Å²) in [6, 6.07) is 4.44. The van der Waals surface area contributed by atoms with Crippen LogP contribution in [-0.4, -0.2) is 18.2 Å². The van der Waals surface area contributed by atoms with Gasteiger partial charge < -0.3 is 10.5 Å². The van der Waals surface area contributed by atoms with Crippen molar-refractivity contribution in [2.24, 2.45) is 5.73 Å². The minimum atomic E-state index is -0.563. The first-order valence-corrected chi connectivity index (χ1v) is 6.30. The quantitative estimate of drug-likeness (QED) is 0.882. The second kappa shape index (κ2) is 6.52. The van der Waals surface area contributed by atoms with E-state index >= 15 is 0 Å². The summed E-state index contributed by atoms with van der Waals surface area (Å²) < 4.78 is 18.6. The molecule has 0 aromatic heterocycles. The number of rotatable bonds is 4. The monoisotopic (exact) mass is 268 g/mol. The normalized spacial score (nSPS) is 11.2. The highest BCUT2D eigenvalue weighted by molar-refractivity contribution is 5.84. The smallest absolute Gasteiger partial charge is 0.412 e. The van der Waals surface area contributed by atoms with Gasteiger partial charge in [0.25, 0.3) is 0 Å². The van der Waals surface area contributed by atoms with E-state index in [0.29, 0.717) is 30.6 Å². The van der Waals surface area contributed by atoms with Crippen molar-refractivity contribution in [2.45, 2.75) is 39.2 Å². The standard InChI is InChI=1S/C14H21FN2O2/c1-14(2,3)19-13(18)17-11-6-7-12(15)10(9-11)5-4-8-16/h6-7,9H,4-5,8,16H2,1-3H3,(H,17,18). The van der Waals surface area contributed by atoms with Crippen molar-refractivity contribution in [1.82, 2.24) is 0 Å². The van der Waals surface area contributed by atoms with Crippen LogP contribution < -0.4 is 11.1 Å². The molecule has 106 valence electrons. The third kappa shape index (κ3) is 5.70. The van der Waals surface area contributed by atoms with Gasteiger partial charge in [0.05, 0.1) is 0 Å². The van der Waals surface area contributed by atoms with Gasteiger partial charge in [-0.1, -0.05) is 0 Å². The largest absolute Gasteiger partial charge is 0.444 e. The molecule has 0 aliphatic rings. The number of halogens is 1. The average molecular weight is 268 g/mol. The molecule has 1 rings (SSSR count). The Morgan fingerprint density at radius 1 is 1.42 bits per heavy atom. The third-order valence-electron chi connectivity index (χ3n) is 2.34. The SMILES string of the molecule is CC(C)(C)OC(=O)Nc1ccc(F)c(CCCN)c1. The molecule has 5 heteroatoms. The van der Waals surface area contributed by atoms with Gasteiger partial charge in [0.2, 0.25) is 0 Å². The molecule has 0 spiro atoms. The summed E-state index contributed by atoms with van der Waals surface area (Å²) in [5, 5.41) is 2.58. The maximum Gasteiger partial charge on any atom is 0.412 e. The molecule has 0 atom stereocenters. The van der Waals surface area contributed by atoms with Crippen LogP contribution in [0, 0.1) is 5.82 Å². The molecular formula is C14H21FN2O2. The van der Waals surface area contributed by atoms with Crippen molar-refractivity contribution in [3.8, 4) is 0 Å². The lowest BCUT2D eigenvalue weighted by atomic mass is 10.1. The topological polar surface area (TPSA) is 64.3 Å². The van der Waals surface area contributed by atoms with Crippen LogP contribution in [0.25, 0.3) is 0 Å². The molecule has 0 saturated heterocycles. The van der Waals surface area contributed by atoms with Gasteiger partial charge in [-0.25, -0.2) is 9.18 Å². The van der Waals surface area contributed by atoms with Crippen molar-refractivity contribution in [1.29, 1.82) is 0 Å². The van der Waals surface area contributed by atoms with Crippen LogP contribution in [0.3, 0.4) is 0 Å². The number of amides is 1. The highest BCUT2D eigenvalue weighted by Crippen LogP contribution is 2.17. The number of benzene rings is 1. The highest BCUT2D eigenvalue weighted by atomic mass is 19.1. The number of hydrogen-bond acceptors (Lipinski definition) is 3. The Balaban J connectivity index is 2.71. The molecule has 0 saturated carbocycles. The fraction of sp³-hybridized carbons (Fsp3) is 0.500. The Hall–Kier alpha value is -1.62. The molecule has 1 aromatic rings. The Morgan fingerprint density at radius 3 is 2.68 bits per heavy atom. The number of carbonyl (C=O) groups is 1. The first kappa shape index (κ1) is 15.4. The molecule has 19 heavy (non-hydrogen) atoms. The van der Waals surface area contributed by atoms with Gasteiger partial charge in [-0.05, 0) is 63.9 Å². The summed E-state index contributed by atoms with van der Waals surface area (Å²) in [5.41, 5.74) is 5.90. The number of anilines is 1. The number of ether oxygens (including phenoxy) is 1. The third-order valence-corrected chi connectivity index (χ3v) is 2.34. The summed E-state index contributed by atoms with van der Waals surface area (Å²) in [4.78, 5) is 11.6. The summed E-state index contributed by atoms with van der Waals surface area (Å²) in [6.45, 7) is 5.85. The van der Waals surface area contributed by atoms with E-state index in [9.17, 15) is 9.18 Å². The fourth-order valence-electron chi connectivity index (χ4n) is 1.56. The lowest BCUT2D eigenvalue weighted by Gasteiger charge is -2.19. The molecule has 0 fully saturated rings. The molecular weight excluding hydrogens is 247 g/mol. The maximum atomic E-state index is 13.5. The lowest BCUT2D eigenvalue weighted by molar-refractivity contribution is 0.0636. The maximum absolute atomic E-state index is 13.5. The van der Waals surface area contributed by atoms with Crippen molar-refractivity contribution in [3.63, 3.8) is 0 Å². The van der Waals surface area contributed by atoms with Crippen LogP contribution in [-0.2, 0) is 11.2 Å². The zero-order chi connectivity index (χ0) is 14.5. The van der Waals surface area contributed by atoms with Crippen LogP contribution in [0.15, 0.2) is 18.2 Å². The predicted molar refractivity (Wildman–Crippen MR) is 73.6 cm³/mol. The Kier molecular flexibility index (Phi) is 5.30. The molecule has 0 radical (unpaired) electrons. The van der Waals surface area contributed by atoms with Crippen molar-refractivity contribution >= 4 is 11.8 Å². The van der Waals surface area contributed by atoms with E-state index < -0.39 is 11.7 Å². The Bertz CT molecular complexity index is 442. The number of hydrogen-bond donors (Lipinski definition) is 2. The molecule has 3 N–H and O–H groups in total. The van der Waals surface area contributed by atoms with Gasteiger partial charge in [0, 0.05) is 5.69 Å². The van der Waals surface area contributed by atoms with E-state index in [-0.39, 0.29) is 5.82 Å². The first-order valence-electron chi connectivity index (χ1n) is 6.30. The molecule has 1 amide bonds. The van der Waals surface area contributed by atoms with E-state index in [1.165, 1.54) is 12.1 Å². The van der Waals surface area contributed by atoms with E-state index in [2.05, 4.69) is 5.32 Å². The minimum absolute atomic E-state index is 0.289. The van der Waals surface area contributed by atoms with Crippen molar-refractivity contribution < 1.29 is 13.9 Å². The van der Waals surface area contributed by atoms with Gasteiger partial charge in [0.1, 0.15) is 11.4 Å². The Morgan fingerprint density at radius 2 is 2.11 bits per heavy atom. The molecule has 0 aliphatic heterocycles. The number of nitrogens with one attached hydrogen (secondary N) is 1. The van der Waals surface area contributed by atoms with Gasteiger partial charge >= 0.3 is 6.09 Å². The molecule has 0 unspecified atom stereocenters. The van der Waals surface area contributed by atoms with E-state index in [1.807, 2.05) is 0 Å². The minimum Gasteiger partial charge on any atom is -0.444 e. The summed E-state index contributed by atoms with van der Waals surface area (Å²) in [6.07, 6.45) is 0.697. The van der Waals surface area contributed by atoms with Gasteiger partial charge in [-0.15, -0.1) is 0 Å². The average Bonchev–Trinajstić information content (AvgIpc) is 2.27. The second-order valence-electron chi connectivity index (χ2n) is 5.33. The zero-order valence-electron chi connectivity index (χ0n) is 11.6. The molecule has 0 aliphatic carbocycles. The fourth-order valence-corrected chi connectivity index (χ4v) is 1.56. The van der Waals surface area contributed by atoms with Crippen LogP contribution >= 0.6 is 0 Å². The van der Waals surface area contributed by atoms with Gasteiger partial charge in [0.15, 0.2) is 0 Å². The lowest BCUT2D eigenvalue weighted by Crippen LogP contribution is -2.27. The summed E-state index contributed by atoms with van der Waals surface area (Å²) in [7, 11) is 0. The molecule has 0 bridgehead atoms. The molecule has 4 nitrogen and oxygen atoms in total. The van der Waals surface area contributed by atoms with Gasteiger partial charge in [-0.2, -0.15) is 0 Å². The Labute approximate surface area is 113 Å².